The molecule has 3 nitrogen and oxygen atoms in total. The zero-order valence-corrected chi connectivity index (χ0v) is 9.39. The molecule has 2 N–H and O–H groups in total. The third-order valence-corrected chi connectivity index (χ3v) is 5.84. The fraction of sp³-hybridized carbons (Fsp3) is 0.875. The summed E-state index contributed by atoms with van der Waals surface area (Å²) in [6.07, 6.45) is 1.49. The molecule has 0 bridgehead atoms. The van der Waals surface area contributed by atoms with Gasteiger partial charge in [0.1, 0.15) is 0 Å². The van der Waals surface area contributed by atoms with Crippen LogP contribution in [0.25, 0.3) is 0 Å². The molecule has 0 aliphatic carbocycles. The first kappa shape index (κ1) is 11.5. The molecule has 0 saturated carbocycles. The van der Waals surface area contributed by atoms with E-state index in [4.69, 9.17) is 10.2 Å². The van der Waals surface area contributed by atoms with E-state index in [9.17, 15) is 4.79 Å². The lowest BCUT2D eigenvalue weighted by atomic mass is 10.3. The van der Waals surface area contributed by atoms with Crippen LogP contribution >= 0.6 is 0 Å². The maximum absolute atomic E-state index is 10.6. The lowest BCUT2D eigenvalue weighted by Crippen LogP contribution is -2.40. The minimum absolute atomic E-state index is 0.519. The SMILES string of the molecule is CCC(CC)[Si](C)(C)OC(N)=O. The van der Waals surface area contributed by atoms with Crippen LogP contribution in [-0.4, -0.2) is 14.4 Å². The van der Waals surface area contributed by atoms with Crippen LogP contribution in [0.5, 0.6) is 0 Å². The van der Waals surface area contributed by atoms with Gasteiger partial charge >= 0.3 is 6.09 Å². The molecule has 0 unspecified atom stereocenters. The number of primary amides is 1. The zero-order valence-electron chi connectivity index (χ0n) is 8.39. The molecule has 0 atom stereocenters. The fourth-order valence-corrected chi connectivity index (χ4v) is 4.27. The van der Waals surface area contributed by atoms with Crippen LogP contribution in [0.4, 0.5) is 4.79 Å². The highest BCUT2D eigenvalue weighted by Crippen LogP contribution is 2.29. The van der Waals surface area contributed by atoms with Crippen molar-refractivity contribution >= 4 is 14.4 Å². The van der Waals surface area contributed by atoms with Gasteiger partial charge in [0.15, 0.2) is 0 Å². The molecule has 0 radical (unpaired) electrons. The average Bonchev–Trinajstić information content (AvgIpc) is 1.85. The number of carbonyl (C=O) groups excluding carboxylic acids is 1. The number of amides is 1. The number of nitrogens with two attached hydrogens (primary N) is 1. The number of carbonyl (C=O) groups is 1. The molecule has 72 valence electrons. The third-order valence-electron chi connectivity index (χ3n) is 2.33. The van der Waals surface area contributed by atoms with Gasteiger partial charge in [0.05, 0.1) is 0 Å². The summed E-state index contributed by atoms with van der Waals surface area (Å²) in [7, 11) is -1.87. The van der Waals surface area contributed by atoms with Gasteiger partial charge in [-0.25, -0.2) is 4.79 Å². The summed E-state index contributed by atoms with van der Waals surface area (Å²) in [6, 6.07) is 0. The second-order valence-electron chi connectivity index (χ2n) is 3.54. The van der Waals surface area contributed by atoms with E-state index < -0.39 is 14.4 Å². The van der Waals surface area contributed by atoms with E-state index in [0.29, 0.717) is 5.54 Å². The highest BCUT2D eigenvalue weighted by molar-refractivity contribution is 6.74. The molecule has 0 aromatic rings. The van der Waals surface area contributed by atoms with Crippen molar-refractivity contribution in [2.75, 3.05) is 0 Å². The Morgan fingerprint density at radius 2 is 1.83 bits per heavy atom. The number of hydrogen-bond donors (Lipinski definition) is 1. The van der Waals surface area contributed by atoms with Crippen LogP contribution in [0, 0.1) is 0 Å². The molecule has 0 saturated heterocycles. The minimum atomic E-state index is -1.87. The molecule has 0 aliphatic rings. The average molecular weight is 189 g/mol. The summed E-state index contributed by atoms with van der Waals surface area (Å²) >= 11 is 0. The molecule has 0 heterocycles. The second kappa shape index (κ2) is 4.50. The predicted octanol–water partition coefficient (Wildman–Crippen LogP) is 2.48. The highest BCUT2D eigenvalue weighted by Gasteiger charge is 2.34. The van der Waals surface area contributed by atoms with Crippen molar-refractivity contribution in [3.63, 3.8) is 0 Å². The van der Waals surface area contributed by atoms with Crippen molar-refractivity contribution in [1.29, 1.82) is 0 Å². The Labute approximate surface area is 75.4 Å². The summed E-state index contributed by atoms with van der Waals surface area (Å²) < 4.78 is 5.16. The van der Waals surface area contributed by atoms with Gasteiger partial charge in [-0.05, 0) is 18.6 Å². The Morgan fingerprint density at radius 3 is 2.08 bits per heavy atom. The van der Waals surface area contributed by atoms with Gasteiger partial charge in [0, 0.05) is 0 Å². The van der Waals surface area contributed by atoms with Crippen LogP contribution in [0.2, 0.25) is 18.6 Å². The molecule has 12 heavy (non-hydrogen) atoms. The first-order valence-electron chi connectivity index (χ1n) is 4.42. The molecule has 0 rings (SSSR count). The first-order valence-corrected chi connectivity index (χ1v) is 7.41. The van der Waals surface area contributed by atoms with Gasteiger partial charge in [-0.15, -0.1) is 0 Å². The van der Waals surface area contributed by atoms with E-state index in [1.807, 2.05) is 13.1 Å². The van der Waals surface area contributed by atoms with E-state index in [2.05, 4.69) is 13.8 Å². The van der Waals surface area contributed by atoms with Gasteiger partial charge in [-0.1, -0.05) is 26.7 Å². The van der Waals surface area contributed by atoms with E-state index in [-0.39, 0.29) is 0 Å². The molecular formula is C8H19NO2Si. The van der Waals surface area contributed by atoms with E-state index in [1.54, 1.807) is 0 Å². The molecule has 0 aliphatic heterocycles. The maximum Gasteiger partial charge on any atom is 0.390 e. The van der Waals surface area contributed by atoms with Gasteiger partial charge in [-0.3, -0.25) is 0 Å². The molecule has 0 aromatic heterocycles. The van der Waals surface area contributed by atoms with E-state index in [1.165, 1.54) is 0 Å². The molecule has 0 fully saturated rings. The number of rotatable bonds is 4. The quantitative estimate of drug-likeness (QED) is 0.691. The lowest BCUT2D eigenvalue weighted by molar-refractivity contribution is 0.207. The van der Waals surface area contributed by atoms with Crippen molar-refractivity contribution in [1.82, 2.24) is 0 Å². The Hall–Kier alpha value is -0.513. The molecule has 4 heteroatoms. The summed E-state index contributed by atoms with van der Waals surface area (Å²) in [5.41, 5.74) is 5.52. The highest BCUT2D eigenvalue weighted by atomic mass is 28.4. The topological polar surface area (TPSA) is 52.3 Å². The van der Waals surface area contributed by atoms with E-state index >= 15 is 0 Å². The lowest BCUT2D eigenvalue weighted by Gasteiger charge is -2.29. The van der Waals surface area contributed by atoms with Gasteiger partial charge in [0.2, 0.25) is 0 Å². The Balaban J connectivity index is 4.24. The maximum atomic E-state index is 10.6. The Bertz CT molecular complexity index is 155. The smallest absolute Gasteiger partial charge is 0.390 e. The Kier molecular flexibility index (Phi) is 4.30. The largest absolute Gasteiger partial charge is 0.504 e. The van der Waals surface area contributed by atoms with Crippen LogP contribution in [0.15, 0.2) is 0 Å². The van der Waals surface area contributed by atoms with Crippen molar-refractivity contribution in [3.05, 3.63) is 0 Å². The van der Waals surface area contributed by atoms with Crippen molar-refractivity contribution in [2.45, 2.75) is 45.3 Å². The summed E-state index contributed by atoms with van der Waals surface area (Å²) in [5.74, 6) is 0. The predicted molar refractivity (Wildman–Crippen MR) is 52.5 cm³/mol. The van der Waals surface area contributed by atoms with Crippen LogP contribution < -0.4 is 5.73 Å². The van der Waals surface area contributed by atoms with Crippen LogP contribution in [0.1, 0.15) is 26.7 Å². The van der Waals surface area contributed by atoms with Gasteiger partial charge in [-0.2, -0.15) is 0 Å². The van der Waals surface area contributed by atoms with Crippen molar-refractivity contribution < 1.29 is 9.22 Å². The standard InChI is InChI=1S/C8H19NO2Si/c1-5-7(6-2)12(3,4)11-8(9)10/h7H,5-6H2,1-4H3,(H2,9,10). The fourth-order valence-electron chi connectivity index (χ4n) is 1.61. The van der Waals surface area contributed by atoms with E-state index in [0.717, 1.165) is 12.8 Å². The van der Waals surface area contributed by atoms with Gasteiger partial charge < -0.3 is 10.2 Å². The normalized spacial score (nSPS) is 11.8. The summed E-state index contributed by atoms with van der Waals surface area (Å²) in [4.78, 5) is 10.6. The molecule has 1 amide bonds. The molecule has 0 spiro atoms. The zero-order chi connectivity index (χ0) is 9.78. The third kappa shape index (κ3) is 3.26. The molecular weight excluding hydrogens is 170 g/mol. The Morgan fingerprint density at radius 1 is 1.42 bits per heavy atom. The van der Waals surface area contributed by atoms with Crippen LogP contribution in [0.3, 0.4) is 0 Å². The first-order chi connectivity index (χ1) is 5.44. The monoisotopic (exact) mass is 189 g/mol. The summed E-state index contributed by atoms with van der Waals surface area (Å²) in [5, 5.41) is 0. The van der Waals surface area contributed by atoms with Gasteiger partial charge in [0.25, 0.3) is 8.32 Å². The van der Waals surface area contributed by atoms with Crippen LogP contribution in [-0.2, 0) is 4.43 Å². The second-order valence-corrected chi connectivity index (χ2v) is 7.77. The van der Waals surface area contributed by atoms with Crippen molar-refractivity contribution in [2.24, 2.45) is 5.73 Å². The summed E-state index contributed by atoms with van der Waals surface area (Å²) in [6.45, 7) is 8.31. The molecule has 0 aromatic carbocycles. The minimum Gasteiger partial charge on any atom is -0.504 e. The number of hydrogen-bond acceptors (Lipinski definition) is 2. The van der Waals surface area contributed by atoms with Crippen molar-refractivity contribution in [3.8, 4) is 0 Å².